The molecule has 0 aliphatic heterocycles. The lowest BCUT2D eigenvalue weighted by Crippen LogP contribution is -1.98. The van der Waals surface area contributed by atoms with Gasteiger partial charge in [0.1, 0.15) is 0 Å². The number of allylic oxidation sites excluding steroid dienone is 2. The van der Waals surface area contributed by atoms with E-state index in [-0.39, 0.29) is 5.97 Å². The summed E-state index contributed by atoms with van der Waals surface area (Å²) in [4.78, 5) is 10.9. The highest BCUT2D eigenvalue weighted by Gasteiger charge is 1.97. The summed E-state index contributed by atoms with van der Waals surface area (Å²) >= 11 is 0. The molecule has 0 amide bonds. The van der Waals surface area contributed by atoms with Crippen molar-refractivity contribution in [3.05, 3.63) is 12.2 Å². The minimum absolute atomic E-state index is 0.107. The van der Waals surface area contributed by atoms with Crippen molar-refractivity contribution in [2.75, 3.05) is 7.11 Å². The molecule has 21 heavy (non-hydrogen) atoms. The Labute approximate surface area is 131 Å². The lowest BCUT2D eigenvalue weighted by atomic mass is 10.1. The molecule has 0 saturated heterocycles. The van der Waals surface area contributed by atoms with Crippen LogP contribution >= 0.6 is 0 Å². The van der Waals surface area contributed by atoms with Crippen LogP contribution in [0.5, 0.6) is 0 Å². The molecule has 0 aliphatic rings. The number of methoxy groups -OCH3 is 1. The number of esters is 1. The minimum Gasteiger partial charge on any atom is -0.469 e. The molecule has 0 fully saturated rings. The van der Waals surface area contributed by atoms with Gasteiger partial charge in [-0.3, -0.25) is 4.79 Å². The number of carbonyl (C=O) groups is 1. The summed E-state index contributed by atoms with van der Waals surface area (Å²) in [6.45, 7) is 2.24. The number of hydrogen-bond donors (Lipinski definition) is 0. The van der Waals surface area contributed by atoms with E-state index in [0.29, 0.717) is 6.42 Å². The van der Waals surface area contributed by atoms with Crippen LogP contribution < -0.4 is 0 Å². The fourth-order valence-electron chi connectivity index (χ4n) is 2.02. The van der Waals surface area contributed by atoms with E-state index in [1.54, 1.807) is 0 Å². The quantitative estimate of drug-likeness (QED) is 0.208. The first-order valence-electron chi connectivity index (χ1n) is 8.48. The number of unbranched alkanes of at least 4 members (excludes halogenated alkanes) is 8. The maximum atomic E-state index is 10.9. The molecule has 0 aromatic rings. The number of carbonyl (C=O) groups excluding carboxylic acids is 1. The maximum Gasteiger partial charge on any atom is 0.305 e. The first kappa shape index (κ1) is 19.8. The number of ether oxygens (including phenoxy) is 1. The fourth-order valence-corrected chi connectivity index (χ4v) is 2.02. The van der Waals surface area contributed by atoms with Crippen LogP contribution in [0.25, 0.3) is 0 Å². The van der Waals surface area contributed by atoms with Crippen LogP contribution in [-0.4, -0.2) is 13.1 Å². The topological polar surface area (TPSA) is 26.3 Å². The van der Waals surface area contributed by atoms with Gasteiger partial charge in [-0.25, -0.2) is 0 Å². The monoisotopic (exact) mass is 292 g/mol. The Morgan fingerprint density at radius 2 is 1.62 bits per heavy atom. The van der Waals surface area contributed by atoms with Crippen molar-refractivity contribution < 1.29 is 9.53 Å². The number of rotatable bonds is 12. The van der Waals surface area contributed by atoms with E-state index in [1.165, 1.54) is 39.2 Å². The molecule has 120 valence electrons. The van der Waals surface area contributed by atoms with Gasteiger partial charge >= 0.3 is 5.97 Å². The van der Waals surface area contributed by atoms with E-state index in [2.05, 4.69) is 35.7 Å². The molecule has 0 aromatic heterocycles. The Kier molecular flexibility index (Phi) is 15.8. The van der Waals surface area contributed by atoms with E-state index in [9.17, 15) is 4.79 Å². The summed E-state index contributed by atoms with van der Waals surface area (Å²) in [5, 5.41) is 0. The lowest BCUT2D eigenvalue weighted by Gasteiger charge is -1.96. The Morgan fingerprint density at radius 3 is 2.38 bits per heavy atom. The van der Waals surface area contributed by atoms with Gasteiger partial charge in [0.15, 0.2) is 0 Å². The smallest absolute Gasteiger partial charge is 0.305 e. The molecule has 0 spiro atoms. The van der Waals surface area contributed by atoms with Gasteiger partial charge in [0, 0.05) is 19.3 Å². The second-order valence-electron chi connectivity index (χ2n) is 5.35. The molecule has 0 aromatic carbocycles. The first-order valence-corrected chi connectivity index (χ1v) is 8.48. The van der Waals surface area contributed by atoms with Gasteiger partial charge in [-0.05, 0) is 32.1 Å². The van der Waals surface area contributed by atoms with Crippen molar-refractivity contribution in [2.24, 2.45) is 0 Å². The molecule has 2 heteroatoms. The van der Waals surface area contributed by atoms with Crippen molar-refractivity contribution in [1.82, 2.24) is 0 Å². The van der Waals surface area contributed by atoms with Crippen LogP contribution in [0.4, 0.5) is 0 Å². The molecule has 2 nitrogen and oxygen atoms in total. The zero-order chi connectivity index (χ0) is 15.6. The van der Waals surface area contributed by atoms with Crippen molar-refractivity contribution in [2.45, 2.75) is 84.0 Å². The van der Waals surface area contributed by atoms with Gasteiger partial charge in [0.25, 0.3) is 0 Å². The summed E-state index contributed by atoms with van der Waals surface area (Å²) in [6.07, 6.45) is 17.6. The van der Waals surface area contributed by atoms with E-state index in [4.69, 9.17) is 0 Å². The molecular weight excluding hydrogens is 260 g/mol. The summed E-state index contributed by atoms with van der Waals surface area (Å²) in [6, 6.07) is 0. The van der Waals surface area contributed by atoms with E-state index in [1.807, 2.05) is 0 Å². The predicted octanol–water partition coefficient (Wildman–Crippen LogP) is 5.42. The largest absolute Gasteiger partial charge is 0.469 e. The Hall–Kier alpha value is -1.23. The molecule has 0 rings (SSSR count). The van der Waals surface area contributed by atoms with E-state index < -0.39 is 0 Å². The number of hydrogen-bond acceptors (Lipinski definition) is 2. The summed E-state index contributed by atoms with van der Waals surface area (Å²) in [5.41, 5.74) is 0. The van der Waals surface area contributed by atoms with Crippen LogP contribution in [0.1, 0.15) is 84.0 Å². The van der Waals surface area contributed by atoms with Gasteiger partial charge in [0.2, 0.25) is 0 Å². The van der Waals surface area contributed by atoms with Crippen LogP contribution in [0.3, 0.4) is 0 Å². The standard InChI is InChI=1S/C19H32O2/c1-3-4-5-6-7-8-9-10-11-12-13-14-15-16-17-18-19(20)21-2/h13-14H,3-8,11-12,15-18H2,1-2H3. The van der Waals surface area contributed by atoms with E-state index in [0.717, 1.165) is 38.5 Å². The molecular formula is C19H32O2. The molecule has 0 bridgehead atoms. The zero-order valence-electron chi connectivity index (χ0n) is 14.0. The van der Waals surface area contributed by atoms with Crippen molar-refractivity contribution in [1.29, 1.82) is 0 Å². The molecule has 0 aliphatic carbocycles. The Balaban J connectivity index is 3.27. The summed E-state index contributed by atoms with van der Waals surface area (Å²) in [5.74, 6) is 6.39. The van der Waals surface area contributed by atoms with Crippen LogP contribution in [-0.2, 0) is 9.53 Å². The van der Waals surface area contributed by atoms with Crippen molar-refractivity contribution in [3.63, 3.8) is 0 Å². The third-order valence-corrected chi connectivity index (χ3v) is 3.36. The SMILES string of the molecule is CCCCCCCC#CCCC=CCCCCC(=O)OC. The molecule has 0 unspecified atom stereocenters. The van der Waals surface area contributed by atoms with Gasteiger partial charge in [-0.1, -0.05) is 44.8 Å². The molecule has 0 radical (unpaired) electrons. The lowest BCUT2D eigenvalue weighted by molar-refractivity contribution is -0.140. The van der Waals surface area contributed by atoms with Gasteiger partial charge in [0.05, 0.1) is 7.11 Å². The van der Waals surface area contributed by atoms with E-state index >= 15 is 0 Å². The van der Waals surface area contributed by atoms with Crippen molar-refractivity contribution in [3.8, 4) is 11.8 Å². The average Bonchev–Trinajstić information content (AvgIpc) is 2.50. The normalized spacial score (nSPS) is 10.4. The highest BCUT2D eigenvalue weighted by molar-refractivity contribution is 5.68. The molecule has 0 heterocycles. The molecule has 0 atom stereocenters. The van der Waals surface area contributed by atoms with Crippen LogP contribution in [0.2, 0.25) is 0 Å². The minimum atomic E-state index is -0.107. The van der Waals surface area contributed by atoms with Crippen molar-refractivity contribution >= 4 is 5.97 Å². The third kappa shape index (κ3) is 16.7. The van der Waals surface area contributed by atoms with Gasteiger partial charge in [-0.15, -0.1) is 11.8 Å². The second kappa shape index (κ2) is 16.8. The average molecular weight is 292 g/mol. The highest BCUT2D eigenvalue weighted by Crippen LogP contribution is 2.04. The summed E-state index contributed by atoms with van der Waals surface area (Å²) < 4.78 is 4.60. The maximum absolute atomic E-state index is 10.9. The third-order valence-electron chi connectivity index (χ3n) is 3.36. The van der Waals surface area contributed by atoms with Crippen LogP contribution in [0.15, 0.2) is 12.2 Å². The van der Waals surface area contributed by atoms with Gasteiger partial charge in [-0.2, -0.15) is 0 Å². The zero-order valence-corrected chi connectivity index (χ0v) is 14.0. The summed E-state index contributed by atoms with van der Waals surface area (Å²) in [7, 11) is 1.44. The second-order valence-corrected chi connectivity index (χ2v) is 5.35. The molecule has 0 saturated carbocycles. The van der Waals surface area contributed by atoms with Gasteiger partial charge < -0.3 is 4.74 Å². The fraction of sp³-hybridized carbons (Fsp3) is 0.737. The first-order chi connectivity index (χ1) is 10.3. The Bertz CT molecular complexity index is 320. The Morgan fingerprint density at radius 1 is 0.905 bits per heavy atom. The highest BCUT2D eigenvalue weighted by atomic mass is 16.5. The van der Waals surface area contributed by atoms with Crippen LogP contribution in [0, 0.1) is 11.8 Å². The molecule has 0 N–H and O–H groups in total. The predicted molar refractivity (Wildman–Crippen MR) is 90.0 cm³/mol.